The minimum absolute atomic E-state index is 0.428. The molecule has 11 heteroatoms. The molecule has 6 N–H and O–H groups in total. The van der Waals surface area contributed by atoms with Crippen molar-refractivity contribution >= 4 is 29.0 Å². The Morgan fingerprint density at radius 1 is 1.05 bits per heavy atom. The molecule has 100 valence electrons. The number of nitrogens with two attached hydrogens (primary N) is 3. The lowest BCUT2D eigenvalue weighted by Crippen LogP contribution is -2.26. The fraction of sp³-hybridized carbons (Fsp3) is 0. The average Bonchev–Trinajstić information content (AvgIpc) is 2.27. The maximum atomic E-state index is 10.8. The van der Waals surface area contributed by atoms with Gasteiger partial charge in [-0.3, -0.25) is 20.2 Å². The third-order valence-electron chi connectivity index (χ3n) is 1.86. The summed E-state index contributed by atoms with van der Waals surface area (Å²) < 4.78 is 0. The summed E-state index contributed by atoms with van der Waals surface area (Å²) in [6.07, 6.45) is 0. The second kappa shape index (κ2) is 5.39. The molecule has 11 nitrogen and oxygen atoms in total. The molecule has 0 saturated heterocycles. The molecule has 0 aliphatic rings. The van der Waals surface area contributed by atoms with Crippen LogP contribution in [0.25, 0.3) is 0 Å². The summed E-state index contributed by atoms with van der Waals surface area (Å²) in [4.78, 5) is 26.8. The van der Waals surface area contributed by atoms with Gasteiger partial charge in [-0.15, -0.1) is 0 Å². The van der Waals surface area contributed by atoms with E-state index in [1.807, 2.05) is 0 Å². The maximum Gasteiger partial charge on any atom is 0.302 e. The summed E-state index contributed by atoms with van der Waals surface area (Å²) in [7, 11) is 0. The first-order valence-corrected chi connectivity index (χ1v) is 4.68. The molecule has 1 rings (SSSR count). The van der Waals surface area contributed by atoms with E-state index in [-0.39, 0.29) is 0 Å². The number of benzene rings is 1. The molecule has 19 heavy (non-hydrogen) atoms. The van der Waals surface area contributed by atoms with E-state index in [0.717, 1.165) is 18.2 Å². The summed E-state index contributed by atoms with van der Waals surface area (Å²) in [5.41, 5.74) is 13.7. The van der Waals surface area contributed by atoms with Crippen LogP contribution in [-0.4, -0.2) is 21.8 Å². The minimum atomic E-state index is -0.825. The van der Waals surface area contributed by atoms with E-state index in [1.54, 1.807) is 0 Å². The van der Waals surface area contributed by atoms with E-state index >= 15 is 0 Å². The molecule has 0 aliphatic carbocycles. The molecular weight excluding hydrogens is 258 g/mol. The van der Waals surface area contributed by atoms with Crippen molar-refractivity contribution < 1.29 is 9.85 Å². The number of nitro groups is 2. The highest BCUT2D eigenvalue weighted by Crippen LogP contribution is 2.36. The number of nitro benzene ring substituents is 2. The topological polar surface area (TPSA) is 189 Å². The first-order chi connectivity index (χ1) is 8.82. The second-order valence-corrected chi connectivity index (χ2v) is 3.17. The van der Waals surface area contributed by atoms with Crippen LogP contribution in [0.3, 0.4) is 0 Å². The van der Waals surface area contributed by atoms with Crippen LogP contribution in [-0.2, 0) is 0 Å². The summed E-state index contributed by atoms with van der Waals surface area (Å²) in [5, 5.41) is 21.6. The van der Waals surface area contributed by atoms with Gasteiger partial charge in [-0.1, -0.05) is 0 Å². The van der Waals surface area contributed by atoms with Crippen LogP contribution in [0.1, 0.15) is 0 Å². The summed E-state index contributed by atoms with van der Waals surface area (Å²) in [6.45, 7) is 0. The number of rotatable bonds is 3. The van der Waals surface area contributed by atoms with Crippen LogP contribution in [0, 0.1) is 20.2 Å². The Hall–Kier alpha value is -3.24. The normalized spacial score (nSPS) is 10.8. The number of nitrogens with zero attached hydrogens (tertiary/aromatic N) is 4. The zero-order valence-corrected chi connectivity index (χ0v) is 9.39. The van der Waals surface area contributed by atoms with Crippen LogP contribution in [0.15, 0.2) is 28.2 Å². The lowest BCUT2D eigenvalue weighted by atomic mass is 10.2. The number of hydrogen-bond donors (Lipinski definition) is 3. The van der Waals surface area contributed by atoms with Crippen molar-refractivity contribution in [1.29, 1.82) is 0 Å². The molecule has 1 aromatic carbocycles. The van der Waals surface area contributed by atoms with Gasteiger partial charge in [0.15, 0.2) is 5.96 Å². The highest BCUT2D eigenvalue weighted by Gasteiger charge is 2.24. The molecule has 0 radical (unpaired) electrons. The Balaban J connectivity index is 3.50. The molecule has 0 aromatic heterocycles. The summed E-state index contributed by atoms with van der Waals surface area (Å²) >= 11 is 0. The lowest BCUT2D eigenvalue weighted by molar-refractivity contribution is -0.392. The van der Waals surface area contributed by atoms with Crippen molar-refractivity contribution in [3.05, 3.63) is 38.4 Å². The molecule has 0 atom stereocenters. The van der Waals surface area contributed by atoms with Gasteiger partial charge in [0.1, 0.15) is 0 Å². The summed E-state index contributed by atoms with van der Waals surface area (Å²) in [6, 6.07) is 3.26. The molecule has 0 amide bonds. The molecule has 0 saturated carbocycles. The Labute approximate surface area is 105 Å². The van der Waals surface area contributed by atoms with Crippen molar-refractivity contribution in [1.82, 2.24) is 0 Å². The number of aliphatic imine (C=N–C) groups is 2. The van der Waals surface area contributed by atoms with Crippen LogP contribution in [0.4, 0.5) is 17.1 Å². The van der Waals surface area contributed by atoms with Gasteiger partial charge in [0.2, 0.25) is 11.6 Å². The van der Waals surface area contributed by atoms with Crippen LogP contribution < -0.4 is 17.2 Å². The number of para-hydroxylation sites is 1. The Kier molecular flexibility index (Phi) is 3.93. The molecule has 0 aliphatic heterocycles. The molecular formula is C8H9N7O4. The van der Waals surface area contributed by atoms with Crippen molar-refractivity contribution in [2.45, 2.75) is 0 Å². The van der Waals surface area contributed by atoms with Gasteiger partial charge in [0, 0.05) is 12.1 Å². The zero-order chi connectivity index (χ0) is 14.6. The molecule has 1 aromatic rings. The fourth-order valence-corrected chi connectivity index (χ4v) is 1.20. The molecule has 0 unspecified atom stereocenters. The Morgan fingerprint density at radius 2 is 1.53 bits per heavy atom. The van der Waals surface area contributed by atoms with Gasteiger partial charge >= 0.3 is 11.4 Å². The van der Waals surface area contributed by atoms with Crippen molar-refractivity contribution in [3.63, 3.8) is 0 Å². The van der Waals surface area contributed by atoms with Crippen LogP contribution in [0.5, 0.6) is 0 Å². The molecule has 0 fully saturated rings. The van der Waals surface area contributed by atoms with Gasteiger partial charge < -0.3 is 17.2 Å². The van der Waals surface area contributed by atoms with Crippen molar-refractivity contribution in [3.8, 4) is 0 Å². The van der Waals surface area contributed by atoms with Gasteiger partial charge in [0.25, 0.3) is 0 Å². The largest absolute Gasteiger partial charge is 0.370 e. The molecule has 0 heterocycles. The summed E-state index contributed by atoms with van der Waals surface area (Å²) in [5.74, 6) is -0.958. The highest BCUT2D eigenvalue weighted by atomic mass is 16.6. The van der Waals surface area contributed by atoms with Crippen molar-refractivity contribution in [2.24, 2.45) is 27.2 Å². The second-order valence-electron chi connectivity index (χ2n) is 3.17. The van der Waals surface area contributed by atoms with E-state index in [0.29, 0.717) is 0 Å². The van der Waals surface area contributed by atoms with Gasteiger partial charge in [-0.05, 0) is 6.07 Å². The minimum Gasteiger partial charge on any atom is -0.370 e. The van der Waals surface area contributed by atoms with Gasteiger partial charge in [-0.2, -0.15) is 9.98 Å². The van der Waals surface area contributed by atoms with E-state index in [4.69, 9.17) is 17.2 Å². The maximum absolute atomic E-state index is 10.8. The zero-order valence-electron chi connectivity index (χ0n) is 9.39. The third-order valence-corrected chi connectivity index (χ3v) is 1.86. The third kappa shape index (κ3) is 3.36. The monoisotopic (exact) mass is 267 g/mol. The average molecular weight is 267 g/mol. The smallest absolute Gasteiger partial charge is 0.302 e. The predicted molar refractivity (Wildman–Crippen MR) is 66.8 cm³/mol. The van der Waals surface area contributed by atoms with E-state index in [9.17, 15) is 20.2 Å². The SMILES string of the molecule is NC(N)=NC(N)=Nc1c([N+](=O)[O-])cccc1[N+](=O)[O-]. The lowest BCUT2D eigenvalue weighted by Gasteiger charge is -2.00. The first-order valence-electron chi connectivity index (χ1n) is 4.68. The Morgan fingerprint density at radius 3 is 1.89 bits per heavy atom. The van der Waals surface area contributed by atoms with Crippen molar-refractivity contribution in [2.75, 3.05) is 0 Å². The number of guanidine groups is 2. The van der Waals surface area contributed by atoms with E-state index in [1.165, 1.54) is 0 Å². The predicted octanol–water partition coefficient (Wildman–Crippen LogP) is -0.277. The van der Waals surface area contributed by atoms with E-state index in [2.05, 4.69) is 9.98 Å². The number of hydrogen-bond acceptors (Lipinski definition) is 5. The molecule has 0 spiro atoms. The molecule has 0 bridgehead atoms. The highest BCUT2D eigenvalue weighted by molar-refractivity contribution is 5.94. The Bertz CT molecular complexity index is 559. The fourth-order valence-electron chi connectivity index (χ4n) is 1.20. The first kappa shape index (κ1) is 13.8. The van der Waals surface area contributed by atoms with Crippen LogP contribution in [0.2, 0.25) is 0 Å². The van der Waals surface area contributed by atoms with Gasteiger partial charge in [-0.25, -0.2) is 0 Å². The quantitative estimate of drug-likeness (QED) is 0.290. The van der Waals surface area contributed by atoms with E-state index < -0.39 is 38.8 Å². The van der Waals surface area contributed by atoms with Crippen LogP contribution >= 0.6 is 0 Å². The van der Waals surface area contributed by atoms with Gasteiger partial charge in [0.05, 0.1) is 9.85 Å². The standard InChI is InChI=1S/C8H9N7O4/c9-7(10)13-8(11)12-6-4(14(16)17)2-1-3-5(6)15(18)19/h1-3H,(H6,9,10,11,12,13).